The SMILES string of the molecule is CC1(C)c2ccccc2Oc2cc(-c3ccc(-c4nc(-c5ccccc5)c5ccccc5n4)cc3)ccc21. The second-order valence-corrected chi connectivity index (χ2v) is 10.3. The number of hydrogen-bond acceptors (Lipinski definition) is 3. The van der Waals surface area contributed by atoms with Crippen molar-refractivity contribution < 1.29 is 4.74 Å². The monoisotopic (exact) mass is 490 g/mol. The molecule has 0 unspecified atom stereocenters. The molecule has 38 heavy (non-hydrogen) atoms. The van der Waals surface area contributed by atoms with Gasteiger partial charge in [0.2, 0.25) is 0 Å². The highest BCUT2D eigenvalue weighted by Crippen LogP contribution is 2.48. The van der Waals surface area contributed by atoms with Crippen LogP contribution < -0.4 is 4.74 Å². The quantitative estimate of drug-likeness (QED) is 0.248. The van der Waals surface area contributed by atoms with Gasteiger partial charge in [0.25, 0.3) is 0 Å². The third-order valence-electron chi connectivity index (χ3n) is 7.56. The van der Waals surface area contributed by atoms with Crippen LogP contribution in [0.4, 0.5) is 0 Å². The average Bonchev–Trinajstić information content (AvgIpc) is 2.97. The number of aromatic nitrogens is 2. The van der Waals surface area contributed by atoms with Crippen molar-refractivity contribution in [2.45, 2.75) is 19.3 Å². The van der Waals surface area contributed by atoms with E-state index in [1.165, 1.54) is 11.1 Å². The van der Waals surface area contributed by atoms with Crippen molar-refractivity contribution in [1.29, 1.82) is 0 Å². The summed E-state index contributed by atoms with van der Waals surface area (Å²) in [6, 6.07) is 41.8. The molecule has 0 spiro atoms. The van der Waals surface area contributed by atoms with Gasteiger partial charge in [-0.25, -0.2) is 9.97 Å². The van der Waals surface area contributed by atoms with E-state index in [1.807, 2.05) is 42.5 Å². The highest BCUT2D eigenvalue weighted by molar-refractivity contribution is 5.93. The number of fused-ring (bicyclic) bond motifs is 3. The maximum Gasteiger partial charge on any atom is 0.160 e. The van der Waals surface area contributed by atoms with Gasteiger partial charge in [0.15, 0.2) is 5.82 Å². The zero-order chi connectivity index (χ0) is 25.7. The second-order valence-electron chi connectivity index (χ2n) is 10.3. The molecule has 5 aromatic carbocycles. The lowest BCUT2D eigenvalue weighted by Crippen LogP contribution is -2.24. The van der Waals surface area contributed by atoms with E-state index in [4.69, 9.17) is 14.7 Å². The predicted octanol–water partition coefficient (Wildman–Crippen LogP) is 9.06. The smallest absolute Gasteiger partial charge is 0.160 e. The van der Waals surface area contributed by atoms with Crippen LogP contribution in [0.5, 0.6) is 11.5 Å². The summed E-state index contributed by atoms with van der Waals surface area (Å²) in [5.41, 5.74) is 8.51. The zero-order valence-corrected chi connectivity index (χ0v) is 21.3. The van der Waals surface area contributed by atoms with Crippen molar-refractivity contribution in [2.75, 3.05) is 0 Å². The Balaban J connectivity index is 1.26. The molecule has 0 atom stereocenters. The summed E-state index contributed by atoms with van der Waals surface area (Å²) in [7, 11) is 0. The van der Waals surface area contributed by atoms with Crippen LogP contribution in [-0.2, 0) is 5.41 Å². The van der Waals surface area contributed by atoms with E-state index in [-0.39, 0.29) is 5.41 Å². The van der Waals surface area contributed by atoms with Crippen molar-refractivity contribution in [3.63, 3.8) is 0 Å². The molecule has 182 valence electrons. The first kappa shape index (κ1) is 22.4. The molecule has 7 rings (SSSR count). The van der Waals surface area contributed by atoms with E-state index in [1.54, 1.807) is 0 Å². The Hall–Kier alpha value is -4.76. The van der Waals surface area contributed by atoms with Crippen LogP contribution in [0.2, 0.25) is 0 Å². The van der Waals surface area contributed by atoms with E-state index >= 15 is 0 Å². The van der Waals surface area contributed by atoms with Gasteiger partial charge in [0.1, 0.15) is 11.5 Å². The van der Waals surface area contributed by atoms with Crippen molar-refractivity contribution in [1.82, 2.24) is 9.97 Å². The van der Waals surface area contributed by atoms with Gasteiger partial charge in [-0.1, -0.05) is 117 Å². The fourth-order valence-corrected chi connectivity index (χ4v) is 5.47. The summed E-state index contributed by atoms with van der Waals surface area (Å²) in [6.45, 7) is 4.52. The molecule has 0 fully saturated rings. The van der Waals surface area contributed by atoms with Gasteiger partial charge in [-0.2, -0.15) is 0 Å². The summed E-state index contributed by atoms with van der Waals surface area (Å²) in [6.07, 6.45) is 0. The molecule has 1 aromatic heterocycles. The number of ether oxygens (including phenoxy) is 1. The third-order valence-corrected chi connectivity index (χ3v) is 7.56. The van der Waals surface area contributed by atoms with Crippen molar-refractivity contribution in [3.05, 3.63) is 132 Å². The van der Waals surface area contributed by atoms with Crippen LogP contribution in [0.3, 0.4) is 0 Å². The van der Waals surface area contributed by atoms with E-state index in [2.05, 4.69) is 92.7 Å². The number of para-hydroxylation sites is 2. The van der Waals surface area contributed by atoms with Crippen LogP contribution >= 0.6 is 0 Å². The molecule has 0 N–H and O–H groups in total. The Morgan fingerprint density at radius 2 is 1.18 bits per heavy atom. The molecule has 3 heteroatoms. The Morgan fingerprint density at radius 1 is 0.526 bits per heavy atom. The molecular weight excluding hydrogens is 464 g/mol. The minimum Gasteiger partial charge on any atom is -0.457 e. The minimum absolute atomic E-state index is 0.115. The maximum atomic E-state index is 6.34. The summed E-state index contributed by atoms with van der Waals surface area (Å²) in [5, 5.41) is 1.05. The van der Waals surface area contributed by atoms with Gasteiger partial charge < -0.3 is 4.74 Å². The van der Waals surface area contributed by atoms with Gasteiger partial charge in [0.05, 0.1) is 11.2 Å². The highest BCUT2D eigenvalue weighted by atomic mass is 16.5. The van der Waals surface area contributed by atoms with E-state index in [0.717, 1.165) is 56.2 Å². The van der Waals surface area contributed by atoms with Crippen LogP contribution in [0.1, 0.15) is 25.0 Å². The lowest BCUT2D eigenvalue weighted by atomic mass is 9.75. The predicted molar refractivity (Wildman–Crippen MR) is 154 cm³/mol. The van der Waals surface area contributed by atoms with Crippen LogP contribution in [0.25, 0.3) is 44.7 Å². The van der Waals surface area contributed by atoms with Gasteiger partial charge in [-0.15, -0.1) is 0 Å². The normalized spacial score (nSPS) is 13.4. The van der Waals surface area contributed by atoms with Gasteiger partial charge in [-0.3, -0.25) is 0 Å². The molecule has 3 nitrogen and oxygen atoms in total. The first-order valence-electron chi connectivity index (χ1n) is 12.9. The zero-order valence-electron chi connectivity index (χ0n) is 21.3. The van der Waals surface area contributed by atoms with E-state index in [9.17, 15) is 0 Å². The summed E-state index contributed by atoms with van der Waals surface area (Å²) >= 11 is 0. The van der Waals surface area contributed by atoms with E-state index in [0.29, 0.717) is 0 Å². The molecule has 0 aliphatic carbocycles. The fraction of sp³-hybridized carbons (Fsp3) is 0.0857. The molecule has 1 aliphatic rings. The third kappa shape index (κ3) is 3.67. The average molecular weight is 491 g/mol. The van der Waals surface area contributed by atoms with Crippen molar-refractivity contribution >= 4 is 10.9 Å². The number of rotatable bonds is 3. The topological polar surface area (TPSA) is 35.0 Å². The Bertz CT molecular complexity index is 1800. The molecule has 0 saturated carbocycles. The van der Waals surface area contributed by atoms with E-state index < -0.39 is 0 Å². The molecule has 6 aromatic rings. The second kappa shape index (κ2) is 8.67. The molecule has 0 saturated heterocycles. The standard InChI is InChI=1S/C35H26N2O/c1-35(2)28-13-7-9-15-31(28)38-32-22-26(20-21-29(32)35)23-16-18-25(19-17-23)34-36-30-14-8-6-12-27(30)33(37-34)24-10-4-3-5-11-24/h3-22H,1-2H3. The summed E-state index contributed by atoms with van der Waals surface area (Å²) in [5.74, 6) is 2.57. The van der Waals surface area contributed by atoms with Gasteiger partial charge in [-0.05, 0) is 29.3 Å². The van der Waals surface area contributed by atoms with Gasteiger partial charge >= 0.3 is 0 Å². The van der Waals surface area contributed by atoms with Crippen LogP contribution in [0.15, 0.2) is 121 Å². The molecule has 0 amide bonds. The largest absolute Gasteiger partial charge is 0.457 e. The Kier molecular flexibility index (Phi) is 5.12. The Morgan fingerprint density at radius 3 is 2.03 bits per heavy atom. The Labute approximate surface area is 222 Å². The molecule has 1 aliphatic heterocycles. The lowest BCUT2D eigenvalue weighted by molar-refractivity contribution is 0.418. The molecular formula is C35H26N2O. The van der Waals surface area contributed by atoms with Crippen molar-refractivity contribution in [3.8, 4) is 45.3 Å². The number of nitrogens with zero attached hydrogens (tertiary/aromatic N) is 2. The molecule has 0 radical (unpaired) electrons. The van der Waals surface area contributed by atoms with Gasteiger partial charge in [0, 0.05) is 33.1 Å². The molecule has 2 heterocycles. The van der Waals surface area contributed by atoms with Crippen LogP contribution in [0, 0.1) is 0 Å². The summed E-state index contributed by atoms with van der Waals surface area (Å²) < 4.78 is 6.34. The first-order chi connectivity index (χ1) is 18.6. The fourth-order valence-electron chi connectivity index (χ4n) is 5.47. The number of benzene rings is 5. The minimum atomic E-state index is -0.115. The first-order valence-corrected chi connectivity index (χ1v) is 12.9. The number of hydrogen-bond donors (Lipinski definition) is 0. The maximum absolute atomic E-state index is 6.34. The summed E-state index contributed by atoms with van der Waals surface area (Å²) in [4.78, 5) is 9.91. The highest BCUT2D eigenvalue weighted by Gasteiger charge is 2.33. The van der Waals surface area contributed by atoms with Crippen molar-refractivity contribution in [2.24, 2.45) is 0 Å². The van der Waals surface area contributed by atoms with Crippen LogP contribution in [-0.4, -0.2) is 9.97 Å². The lowest BCUT2D eigenvalue weighted by Gasteiger charge is -2.34. The molecule has 0 bridgehead atoms.